The number of alkyl halides is 5. The van der Waals surface area contributed by atoms with E-state index < -0.39 is 24.2 Å². The maximum absolute atomic E-state index is 13.8. The fourth-order valence-corrected chi connectivity index (χ4v) is 3.62. The van der Waals surface area contributed by atoms with E-state index in [9.17, 15) is 26.7 Å². The van der Waals surface area contributed by atoms with Crippen LogP contribution in [0.25, 0.3) is 11.3 Å². The molecule has 4 nitrogen and oxygen atoms in total. The lowest BCUT2D eigenvalue weighted by molar-refractivity contribution is -0.141. The van der Waals surface area contributed by atoms with Crippen LogP contribution in [-0.4, -0.2) is 29.0 Å². The zero-order valence-corrected chi connectivity index (χ0v) is 16.4. The van der Waals surface area contributed by atoms with Gasteiger partial charge in [-0.1, -0.05) is 0 Å². The van der Waals surface area contributed by atoms with Crippen LogP contribution >= 0.6 is 0 Å². The van der Waals surface area contributed by atoms with E-state index in [0.29, 0.717) is 22.5 Å². The van der Waals surface area contributed by atoms with Crippen molar-refractivity contribution in [2.75, 3.05) is 18.0 Å². The fourth-order valence-electron chi connectivity index (χ4n) is 3.62. The first-order chi connectivity index (χ1) is 13.4. The number of H-pyrrole nitrogens is 1. The molecule has 3 rings (SSSR count). The van der Waals surface area contributed by atoms with Gasteiger partial charge in [0.1, 0.15) is 11.5 Å². The molecule has 29 heavy (non-hydrogen) atoms. The average Bonchev–Trinajstić information content (AvgIpc) is 2.77. The maximum atomic E-state index is 13.8. The number of aromatic nitrogens is 2. The Hall–Kier alpha value is -2.45. The normalized spacial score (nSPS) is 17.3. The molecular formula is C20H22F5N3O. The molecule has 0 radical (unpaired) electrons. The van der Waals surface area contributed by atoms with E-state index in [-0.39, 0.29) is 42.7 Å². The number of nitrogens with zero attached hydrogens (tertiary/aromatic N) is 2. The average molecular weight is 415 g/mol. The van der Waals surface area contributed by atoms with Crippen LogP contribution in [0, 0.1) is 20.8 Å². The molecule has 9 heteroatoms. The summed E-state index contributed by atoms with van der Waals surface area (Å²) in [5, 5.41) is 0. The highest BCUT2D eigenvalue weighted by molar-refractivity contribution is 5.76. The molecule has 3 heterocycles. The number of rotatable bonds is 2. The van der Waals surface area contributed by atoms with Gasteiger partial charge in [-0.3, -0.25) is 4.79 Å². The van der Waals surface area contributed by atoms with Gasteiger partial charge in [-0.05, 0) is 38.8 Å². The van der Waals surface area contributed by atoms with Crippen LogP contribution in [0.2, 0.25) is 0 Å². The summed E-state index contributed by atoms with van der Waals surface area (Å²) in [7, 11) is 0. The van der Waals surface area contributed by atoms with Crippen molar-refractivity contribution in [2.45, 2.75) is 52.1 Å². The molecule has 2 aromatic rings. The molecule has 1 saturated heterocycles. The predicted molar refractivity (Wildman–Crippen MR) is 101 cm³/mol. The number of hydrogen-bond acceptors (Lipinski definition) is 3. The summed E-state index contributed by atoms with van der Waals surface area (Å²) >= 11 is 0. The largest absolute Gasteiger partial charge is 0.433 e. The Balaban J connectivity index is 2.23. The Morgan fingerprint density at radius 2 is 1.79 bits per heavy atom. The first-order valence-electron chi connectivity index (χ1n) is 9.31. The van der Waals surface area contributed by atoms with E-state index in [4.69, 9.17) is 0 Å². The van der Waals surface area contributed by atoms with Crippen molar-refractivity contribution in [1.82, 2.24) is 9.97 Å². The van der Waals surface area contributed by atoms with Crippen molar-refractivity contribution in [3.63, 3.8) is 0 Å². The number of halogens is 5. The van der Waals surface area contributed by atoms with E-state index in [1.54, 1.807) is 13.8 Å². The van der Waals surface area contributed by atoms with Gasteiger partial charge >= 0.3 is 6.18 Å². The minimum Gasteiger partial charge on any atom is -0.358 e. The third kappa shape index (κ3) is 4.43. The molecule has 0 aliphatic carbocycles. The molecule has 0 atom stereocenters. The number of aromatic amines is 1. The van der Waals surface area contributed by atoms with Crippen molar-refractivity contribution in [3.8, 4) is 11.3 Å². The Labute approximate surface area is 164 Å². The van der Waals surface area contributed by atoms with Gasteiger partial charge in [-0.2, -0.15) is 13.2 Å². The molecule has 158 valence electrons. The smallest absolute Gasteiger partial charge is 0.358 e. The van der Waals surface area contributed by atoms with Gasteiger partial charge in [0.2, 0.25) is 5.92 Å². The summed E-state index contributed by atoms with van der Waals surface area (Å²) in [6.45, 7) is 4.57. The molecule has 0 amide bonds. The van der Waals surface area contributed by atoms with Crippen LogP contribution in [0.4, 0.5) is 27.8 Å². The van der Waals surface area contributed by atoms with Crippen LogP contribution in [0.5, 0.6) is 0 Å². The van der Waals surface area contributed by atoms with Crippen molar-refractivity contribution < 1.29 is 22.0 Å². The molecule has 0 spiro atoms. The summed E-state index contributed by atoms with van der Waals surface area (Å²) in [5.74, 6) is -2.90. The first-order valence-corrected chi connectivity index (χ1v) is 9.31. The Morgan fingerprint density at radius 3 is 2.45 bits per heavy atom. The SMILES string of the molecule is Cc1cc(=O)c(C)c(-c2cc(C)c(C(F)(F)F)nc2N2CCCC(F)(F)CC2)[nH]1. The van der Waals surface area contributed by atoms with Gasteiger partial charge in [0.25, 0.3) is 0 Å². The quantitative estimate of drug-likeness (QED) is 0.702. The second kappa shape index (κ2) is 7.42. The second-order valence-electron chi connectivity index (χ2n) is 7.54. The van der Waals surface area contributed by atoms with Gasteiger partial charge in [0, 0.05) is 48.8 Å². The second-order valence-corrected chi connectivity index (χ2v) is 7.54. The van der Waals surface area contributed by atoms with Crippen LogP contribution < -0.4 is 10.3 Å². The van der Waals surface area contributed by atoms with Gasteiger partial charge in [-0.25, -0.2) is 13.8 Å². The van der Waals surface area contributed by atoms with Crippen LogP contribution in [0.1, 0.15) is 41.8 Å². The van der Waals surface area contributed by atoms with Crippen molar-refractivity contribution in [2.24, 2.45) is 0 Å². The molecule has 1 fully saturated rings. The lowest BCUT2D eigenvalue weighted by Crippen LogP contribution is -2.28. The molecule has 0 aromatic carbocycles. The van der Waals surface area contributed by atoms with Crippen LogP contribution in [0.3, 0.4) is 0 Å². The summed E-state index contributed by atoms with van der Waals surface area (Å²) < 4.78 is 68.1. The Kier molecular flexibility index (Phi) is 5.44. The highest BCUT2D eigenvalue weighted by atomic mass is 19.4. The number of anilines is 1. The van der Waals surface area contributed by atoms with Gasteiger partial charge < -0.3 is 9.88 Å². The summed E-state index contributed by atoms with van der Waals surface area (Å²) in [6.07, 6.45) is -5.33. The van der Waals surface area contributed by atoms with Crippen molar-refractivity contribution >= 4 is 5.82 Å². The monoisotopic (exact) mass is 415 g/mol. The zero-order chi connectivity index (χ0) is 21.6. The van der Waals surface area contributed by atoms with Gasteiger partial charge in [-0.15, -0.1) is 0 Å². The van der Waals surface area contributed by atoms with E-state index >= 15 is 0 Å². The summed E-state index contributed by atoms with van der Waals surface area (Å²) in [4.78, 5) is 20.6. The molecule has 0 saturated carbocycles. The van der Waals surface area contributed by atoms with Gasteiger partial charge in [0.15, 0.2) is 5.43 Å². The number of nitrogens with one attached hydrogen (secondary N) is 1. The summed E-state index contributed by atoms with van der Waals surface area (Å²) in [5.41, 5.74) is 0.115. The lowest BCUT2D eigenvalue weighted by Gasteiger charge is -2.26. The van der Waals surface area contributed by atoms with Crippen LogP contribution in [0.15, 0.2) is 16.9 Å². The van der Waals surface area contributed by atoms with Crippen LogP contribution in [-0.2, 0) is 6.18 Å². The number of pyridine rings is 2. The van der Waals surface area contributed by atoms with Gasteiger partial charge in [0.05, 0.1) is 5.69 Å². The molecule has 0 bridgehead atoms. The van der Waals surface area contributed by atoms with Crippen molar-refractivity contribution in [3.05, 3.63) is 44.9 Å². The third-order valence-corrected chi connectivity index (χ3v) is 5.16. The van der Waals surface area contributed by atoms with Crippen molar-refractivity contribution in [1.29, 1.82) is 0 Å². The summed E-state index contributed by atoms with van der Waals surface area (Å²) in [6, 6.07) is 2.72. The minimum absolute atomic E-state index is 0.0371. The highest BCUT2D eigenvalue weighted by Crippen LogP contribution is 2.39. The highest BCUT2D eigenvalue weighted by Gasteiger charge is 2.37. The first kappa shape index (κ1) is 21.3. The lowest BCUT2D eigenvalue weighted by atomic mass is 10.0. The number of aryl methyl sites for hydroxylation is 2. The Morgan fingerprint density at radius 1 is 1.10 bits per heavy atom. The fraction of sp³-hybridized carbons (Fsp3) is 0.500. The molecule has 0 unspecified atom stereocenters. The number of hydrogen-bond donors (Lipinski definition) is 1. The van der Waals surface area contributed by atoms with E-state index in [1.165, 1.54) is 24.0 Å². The topological polar surface area (TPSA) is 49.0 Å². The molecule has 1 aliphatic heterocycles. The molecule has 1 N–H and O–H groups in total. The predicted octanol–water partition coefficient (Wildman–Crippen LogP) is 5.01. The Bertz CT molecular complexity index is 981. The standard InChI is InChI=1S/C20H22F5N3O/c1-11-9-14(16-13(3)15(29)10-12(2)26-16)18(27-17(11)20(23,24)25)28-7-4-5-19(21,22)6-8-28/h9-10H,4-8H2,1-3H3,(H,26,29). The maximum Gasteiger partial charge on any atom is 0.433 e. The zero-order valence-electron chi connectivity index (χ0n) is 16.4. The molecular weight excluding hydrogens is 393 g/mol. The minimum atomic E-state index is -4.68. The van der Waals surface area contributed by atoms with E-state index in [2.05, 4.69) is 9.97 Å². The van der Waals surface area contributed by atoms with E-state index in [1.807, 2.05) is 0 Å². The third-order valence-electron chi connectivity index (χ3n) is 5.16. The molecule has 2 aromatic heterocycles. The molecule has 1 aliphatic rings. The van der Waals surface area contributed by atoms with E-state index in [0.717, 1.165) is 0 Å².